The van der Waals surface area contributed by atoms with Crippen LogP contribution in [-0.4, -0.2) is 121 Å². The summed E-state index contributed by atoms with van der Waals surface area (Å²) in [6, 6.07) is 0. The van der Waals surface area contributed by atoms with E-state index in [0.29, 0.717) is 45.7 Å². The van der Waals surface area contributed by atoms with Crippen molar-refractivity contribution in [3.63, 3.8) is 0 Å². The number of ether oxygens (including phenoxy) is 2. The zero-order chi connectivity index (χ0) is 33.9. The van der Waals surface area contributed by atoms with Crippen LogP contribution in [0.15, 0.2) is 12.2 Å². The van der Waals surface area contributed by atoms with E-state index >= 15 is 0 Å². The van der Waals surface area contributed by atoms with Gasteiger partial charge in [-0.3, -0.25) is 19.4 Å². The van der Waals surface area contributed by atoms with Crippen molar-refractivity contribution in [3.8, 4) is 0 Å². The zero-order valence-corrected chi connectivity index (χ0v) is 29.3. The SMILES string of the molecule is CCCCCCCCCC/C=C/CCCCCCCCC(CC(=O)OCCN(CCO)CCO)C(=O)OCCN(CCO)CCO. The summed E-state index contributed by atoms with van der Waals surface area (Å²) in [5.74, 6) is -1.48. The van der Waals surface area contributed by atoms with E-state index in [1.165, 1.54) is 70.6 Å². The molecule has 0 saturated carbocycles. The third-order valence-electron chi connectivity index (χ3n) is 8.30. The highest BCUT2D eigenvalue weighted by atomic mass is 16.5. The molecule has 10 nitrogen and oxygen atoms in total. The number of rotatable bonds is 35. The van der Waals surface area contributed by atoms with Crippen molar-refractivity contribution < 1.29 is 39.5 Å². The molecule has 4 N–H and O–H groups in total. The van der Waals surface area contributed by atoms with Gasteiger partial charge in [0.15, 0.2) is 0 Å². The van der Waals surface area contributed by atoms with Gasteiger partial charge in [-0.1, -0.05) is 96.1 Å². The molecule has 1 atom stereocenters. The van der Waals surface area contributed by atoms with Crippen molar-refractivity contribution in [2.24, 2.45) is 5.92 Å². The maximum atomic E-state index is 12.9. The van der Waals surface area contributed by atoms with Gasteiger partial charge in [-0.05, 0) is 32.1 Å². The van der Waals surface area contributed by atoms with Crippen LogP contribution in [0, 0.1) is 5.92 Å². The topological polar surface area (TPSA) is 140 Å². The number of hydrogen-bond donors (Lipinski definition) is 4. The normalized spacial score (nSPS) is 12.4. The van der Waals surface area contributed by atoms with Gasteiger partial charge in [-0.2, -0.15) is 0 Å². The molecule has 272 valence electrons. The molecule has 10 heteroatoms. The van der Waals surface area contributed by atoms with Crippen LogP contribution in [0.25, 0.3) is 0 Å². The third-order valence-corrected chi connectivity index (χ3v) is 8.30. The van der Waals surface area contributed by atoms with Gasteiger partial charge in [0.2, 0.25) is 0 Å². The summed E-state index contributed by atoms with van der Waals surface area (Å²) in [6.45, 7) is 4.61. The summed E-state index contributed by atoms with van der Waals surface area (Å²) < 4.78 is 10.9. The molecule has 0 radical (unpaired) electrons. The van der Waals surface area contributed by atoms with Crippen LogP contribution >= 0.6 is 0 Å². The van der Waals surface area contributed by atoms with E-state index in [0.717, 1.165) is 32.1 Å². The molecular formula is C36H70N2O8. The second-order valence-electron chi connectivity index (χ2n) is 12.3. The number of nitrogens with zero attached hydrogens (tertiary/aromatic N) is 2. The second kappa shape index (κ2) is 34.8. The van der Waals surface area contributed by atoms with E-state index in [1.54, 1.807) is 4.90 Å². The molecule has 0 aliphatic carbocycles. The van der Waals surface area contributed by atoms with Gasteiger partial charge in [0.1, 0.15) is 13.2 Å². The fraction of sp³-hybridized carbons (Fsp3) is 0.889. The Bertz CT molecular complexity index is 697. The van der Waals surface area contributed by atoms with E-state index < -0.39 is 17.9 Å². The Labute approximate surface area is 280 Å². The van der Waals surface area contributed by atoms with Crippen molar-refractivity contribution in [3.05, 3.63) is 12.2 Å². The quantitative estimate of drug-likeness (QED) is 0.0424. The van der Waals surface area contributed by atoms with Crippen LogP contribution in [0.1, 0.15) is 122 Å². The van der Waals surface area contributed by atoms with Gasteiger partial charge in [-0.25, -0.2) is 0 Å². The summed E-state index contributed by atoms with van der Waals surface area (Å²) in [5, 5.41) is 36.7. The number of carbonyl (C=O) groups is 2. The molecule has 0 bridgehead atoms. The summed E-state index contributed by atoms with van der Waals surface area (Å²) in [5.41, 5.74) is 0. The van der Waals surface area contributed by atoms with Crippen molar-refractivity contribution in [1.82, 2.24) is 9.80 Å². The molecule has 0 aromatic rings. The first kappa shape index (κ1) is 44.4. The van der Waals surface area contributed by atoms with Gasteiger partial charge in [0, 0.05) is 39.3 Å². The first-order chi connectivity index (χ1) is 22.5. The number of carbonyl (C=O) groups excluding carboxylic acids is 2. The minimum Gasteiger partial charge on any atom is -0.464 e. The minimum atomic E-state index is -0.589. The van der Waals surface area contributed by atoms with Gasteiger partial charge in [0.05, 0.1) is 38.8 Å². The lowest BCUT2D eigenvalue weighted by atomic mass is 9.97. The van der Waals surface area contributed by atoms with Crippen molar-refractivity contribution >= 4 is 11.9 Å². The van der Waals surface area contributed by atoms with Gasteiger partial charge >= 0.3 is 11.9 Å². The number of unbranched alkanes of at least 4 members (excludes halogenated alkanes) is 14. The van der Waals surface area contributed by atoms with Crippen LogP contribution in [0.4, 0.5) is 0 Å². The summed E-state index contributed by atoms with van der Waals surface area (Å²) in [7, 11) is 0. The summed E-state index contributed by atoms with van der Waals surface area (Å²) in [4.78, 5) is 29.1. The number of hydrogen-bond acceptors (Lipinski definition) is 10. The van der Waals surface area contributed by atoms with E-state index in [9.17, 15) is 19.8 Å². The molecule has 1 unspecified atom stereocenters. The van der Waals surface area contributed by atoms with Gasteiger partial charge < -0.3 is 29.9 Å². The van der Waals surface area contributed by atoms with Crippen molar-refractivity contribution in [2.45, 2.75) is 122 Å². The van der Waals surface area contributed by atoms with Gasteiger partial charge in [0.25, 0.3) is 0 Å². The van der Waals surface area contributed by atoms with E-state index in [-0.39, 0.29) is 46.1 Å². The first-order valence-corrected chi connectivity index (χ1v) is 18.4. The third kappa shape index (κ3) is 28.6. The summed E-state index contributed by atoms with van der Waals surface area (Å²) in [6.07, 6.45) is 24.9. The molecule has 0 aliphatic heterocycles. The molecule has 0 saturated heterocycles. The monoisotopic (exact) mass is 659 g/mol. The van der Waals surface area contributed by atoms with Crippen LogP contribution in [0.3, 0.4) is 0 Å². The highest BCUT2D eigenvalue weighted by Gasteiger charge is 2.24. The minimum absolute atomic E-state index is 0.0491. The average Bonchev–Trinajstić information content (AvgIpc) is 3.04. The average molecular weight is 659 g/mol. The Morgan fingerprint density at radius 3 is 1.43 bits per heavy atom. The number of esters is 2. The number of allylic oxidation sites excluding steroid dienone is 2. The second-order valence-corrected chi connectivity index (χ2v) is 12.3. The molecule has 0 rings (SSSR count). The van der Waals surface area contributed by atoms with Gasteiger partial charge in [-0.15, -0.1) is 0 Å². The standard InChI is InChI=1S/C36H70N2O8/c1-2-3-4-5-6-7-8-9-10-11-12-13-14-15-16-17-18-19-20-34(36(44)46-32-26-38(23-29-41)24-30-42)33-35(43)45-31-25-37(21-27-39)22-28-40/h11-12,34,39-42H,2-10,13-33H2,1H3/b12-11+. The van der Waals surface area contributed by atoms with Crippen LogP contribution in [0.5, 0.6) is 0 Å². The molecule has 0 fully saturated rings. The Kier molecular flexibility index (Phi) is 33.6. The van der Waals surface area contributed by atoms with Crippen LogP contribution < -0.4 is 0 Å². The Morgan fingerprint density at radius 1 is 0.565 bits per heavy atom. The number of aliphatic hydroxyl groups excluding tert-OH is 4. The lowest BCUT2D eigenvalue weighted by Gasteiger charge is -2.21. The Hall–Kier alpha value is -1.56. The molecule has 0 aromatic carbocycles. The predicted molar refractivity (Wildman–Crippen MR) is 185 cm³/mol. The molecular weight excluding hydrogens is 588 g/mol. The lowest BCUT2D eigenvalue weighted by Crippen LogP contribution is -2.34. The van der Waals surface area contributed by atoms with Crippen molar-refractivity contribution in [2.75, 3.05) is 78.9 Å². The first-order valence-electron chi connectivity index (χ1n) is 18.4. The predicted octanol–water partition coefficient (Wildman–Crippen LogP) is 4.86. The fourth-order valence-electron chi connectivity index (χ4n) is 5.47. The molecule has 46 heavy (non-hydrogen) atoms. The molecule has 0 spiro atoms. The van der Waals surface area contributed by atoms with E-state index in [4.69, 9.17) is 19.7 Å². The summed E-state index contributed by atoms with van der Waals surface area (Å²) >= 11 is 0. The fourth-order valence-corrected chi connectivity index (χ4v) is 5.47. The highest BCUT2D eigenvalue weighted by molar-refractivity contribution is 5.79. The van der Waals surface area contributed by atoms with Crippen LogP contribution in [0.2, 0.25) is 0 Å². The molecule has 0 aliphatic rings. The lowest BCUT2D eigenvalue weighted by molar-refractivity contribution is -0.156. The molecule has 0 aromatic heterocycles. The highest BCUT2D eigenvalue weighted by Crippen LogP contribution is 2.18. The Balaban J connectivity index is 4.37. The number of aliphatic hydroxyl groups is 4. The molecule has 0 amide bonds. The smallest absolute Gasteiger partial charge is 0.309 e. The van der Waals surface area contributed by atoms with Crippen LogP contribution in [-0.2, 0) is 19.1 Å². The largest absolute Gasteiger partial charge is 0.464 e. The van der Waals surface area contributed by atoms with E-state index in [1.807, 2.05) is 4.90 Å². The Morgan fingerprint density at radius 2 is 0.978 bits per heavy atom. The van der Waals surface area contributed by atoms with E-state index in [2.05, 4.69) is 19.1 Å². The maximum Gasteiger partial charge on any atom is 0.309 e. The zero-order valence-electron chi connectivity index (χ0n) is 29.3. The molecule has 0 heterocycles. The van der Waals surface area contributed by atoms with Crippen molar-refractivity contribution in [1.29, 1.82) is 0 Å². The maximum absolute atomic E-state index is 12.9.